The second-order valence-corrected chi connectivity index (χ2v) is 19.1. The van der Waals surface area contributed by atoms with Crippen LogP contribution >= 0.6 is 0 Å². The van der Waals surface area contributed by atoms with Crippen LogP contribution in [0.25, 0.3) is 0 Å². The molecule has 0 saturated carbocycles. The predicted octanol–water partition coefficient (Wildman–Crippen LogP) is 12.0. The van der Waals surface area contributed by atoms with Crippen LogP contribution in [-0.2, 0) is 25.7 Å². The molecule has 0 spiro atoms. The van der Waals surface area contributed by atoms with Gasteiger partial charge in [0.1, 0.15) is 34.9 Å². The van der Waals surface area contributed by atoms with Gasteiger partial charge in [-0.15, -0.1) is 0 Å². The first-order valence-corrected chi connectivity index (χ1v) is 18.6. The number of anilines is 6. The Hall–Kier alpha value is -4.65. The second kappa shape index (κ2) is 15.1. The fourth-order valence-electron chi connectivity index (χ4n) is 6.59. The van der Waals surface area contributed by atoms with Gasteiger partial charge in [-0.3, -0.25) is 9.80 Å². The van der Waals surface area contributed by atoms with Crippen molar-refractivity contribution in [2.45, 2.75) is 109 Å². The molecule has 0 aliphatic carbocycles. The minimum absolute atomic E-state index is 0.121. The number of pyridine rings is 5. The van der Waals surface area contributed by atoms with Gasteiger partial charge in [-0.25, -0.2) is 24.9 Å². The molecule has 0 radical (unpaired) electrons. The van der Waals surface area contributed by atoms with Gasteiger partial charge in [0.25, 0.3) is 0 Å². The Morgan fingerprint density at radius 1 is 0.365 bits per heavy atom. The largest absolute Gasteiger partial charge is 0.262 e. The van der Waals surface area contributed by atoms with E-state index < -0.39 is 0 Å². The van der Waals surface area contributed by atoms with Crippen LogP contribution in [-0.4, -0.2) is 24.9 Å². The Morgan fingerprint density at radius 3 is 0.846 bits per heavy atom. The molecule has 0 N–H and O–H groups in total. The first kappa shape index (κ1) is 38.6. The van der Waals surface area contributed by atoms with Crippen molar-refractivity contribution in [2.24, 2.45) is 21.7 Å². The van der Waals surface area contributed by atoms with Crippen LogP contribution in [0.4, 0.5) is 34.9 Å². The number of rotatable bonds is 10. The molecule has 52 heavy (non-hydrogen) atoms. The van der Waals surface area contributed by atoms with E-state index in [0.717, 1.165) is 49.0 Å². The highest BCUT2D eigenvalue weighted by Gasteiger charge is 2.24. The summed E-state index contributed by atoms with van der Waals surface area (Å²) in [6.07, 6.45) is 11.3. The van der Waals surface area contributed by atoms with E-state index in [2.05, 4.69) is 141 Å². The highest BCUT2D eigenvalue weighted by atomic mass is 15.3. The van der Waals surface area contributed by atoms with Gasteiger partial charge in [0.15, 0.2) is 0 Å². The van der Waals surface area contributed by atoms with Gasteiger partial charge in [-0.2, -0.15) is 0 Å². The minimum Gasteiger partial charge on any atom is -0.262 e. The maximum absolute atomic E-state index is 5.39. The van der Waals surface area contributed by atoms with E-state index >= 15 is 0 Å². The predicted molar refractivity (Wildman–Crippen MR) is 217 cm³/mol. The van der Waals surface area contributed by atoms with Crippen LogP contribution < -0.4 is 9.80 Å². The molecular weight excluding hydrogens is 639 g/mol. The first-order chi connectivity index (χ1) is 24.2. The van der Waals surface area contributed by atoms with Gasteiger partial charge in [0.05, 0.1) is 0 Å². The quantitative estimate of drug-likeness (QED) is 0.144. The van der Waals surface area contributed by atoms with Crippen LogP contribution in [0.5, 0.6) is 0 Å². The molecule has 0 aliphatic heterocycles. The molecule has 0 unspecified atom stereocenters. The van der Waals surface area contributed by atoms with E-state index in [1.165, 1.54) is 22.3 Å². The minimum atomic E-state index is 0.121. The Kier molecular flexibility index (Phi) is 11.2. The zero-order valence-corrected chi connectivity index (χ0v) is 33.6. The van der Waals surface area contributed by atoms with Crippen LogP contribution in [0.1, 0.15) is 105 Å². The lowest BCUT2D eigenvalue weighted by molar-refractivity contribution is 0.410. The van der Waals surface area contributed by atoms with Crippen LogP contribution in [0, 0.1) is 21.7 Å². The van der Waals surface area contributed by atoms with Gasteiger partial charge in [-0.1, -0.05) is 89.2 Å². The monoisotopic (exact) mass is 697 g/mol. The Morgan fingerprint density at radius 2 is 0.615 bits per heavy atom. The van der Waals surface area contributed by atoms with E-state index in [-0.39, 0.29) is 21.7 Å². The molecule has 7 heteroatoms. The van der Waals surface area contributed by atoms with Crippen molar-refractivity contribution in [3.63, 3.8) is 0 Å². The van der Waals surface area contributed by atoms with Crippen LogP contribution in [0.3, 0.4) is 0 Å². The zero-order chi connectivity index (χ0) is 37.9. The van der Waals surface area contributed by atoms with Crippen molar-refractivity contribution < 1.29 is 0 Å². The first-order valence-electron chi connectivity index (χ1n) is 18.6. The van der Waals surface area contributed by atoms with Gasteiger partial charge in [0, 0.05) is 24.8 Å². The Labute approximate surface area is 313 Å². The molecule has 0 aliphatic rings. The van der Waals surface area contributed by atoms with Gasteiger partial charge in [0.2, 0.25) is 0 Å². The zero-order valence-electron chi connectivity index (χ0n) is 33.6. The summed E-state index contributed by atoms with van der Waals surface area (Å²) in [5, 5.41) is 0. The lowest BCUT2D eigenvalue weighted by atomic mass is 9.88. The summed E-state index contributed by atoms with van der Waals surface area (Å²) in [5.74, 6) is 4.51. The summed E-state index contributed by atoms with van der Waals surface area (Å²) in [4.78, 5) is 29.2. The van der Waals surface area contributed by atoms with Crippen LogP contribution in [0.2, 0.25) is 0 Å². The highest BCUT2D eigenvalue weighted by molar-refractivity contribution is 5.75. The molecule has 5 heterocycles. The molecule has 0 saturated heterocycles. The fraction of sp³-hybridized carbons (Fsp3) is 0.444. The topological polar surface area (TPSA) is 70.9 Å². The maximum Gasteiger partial charge on any atom is 0.142 e. The average molecular weight is 698 g/mol. The fourth-order valence-corrected chi connectivity index (χ4v) is 6.59. The highest BCUT2D eigenvalue weighted by Crippen LogP contribution is 2.38. The van der Waals surface area contributed by atoms with Crippen molar-refractivity contribution in [1.82, 2.24) is 24.9 Å². The van der Waals surface area contributed by atoms with E-state index in [1.54, 1.807) is 0 Å². The van der Waals surface area contributed by atoms with Crippen molar-refractivity contribution >= 4 is 34.9 Å². The number of hydrogen-bond acceptors (Lipinski definition) is 7. The molecule has 5 aromatic rings. The SMILES string of the molecule is CC(C)(C)Cc1ccnc(N(c2cc(CC(C)(C)C)ccn2)c2cccc(N(c3cc(CC(C)(C)C)ccn3)c3cc(CC(C)(C)C)ccn3)n2)c1. The molecule has 0 fully saturated rings. The van der Waals surface area contributed by atoms with E-state index in [0.29, 0.717) is 11.6 Å². The number of hydrogen-bond donors (Lipinski definition) is 0. The molecule has 0 aromatic carbocycles. The van der Waals surface area contributed by atoms with Crippen molar-refractivity contribution in [3.05, 3.63) is 114 Å². The van der Waals surface area contributed by atoms with Gasteiger partial charge in [-0.05, 0) is 130 Å². The molecule has 5 aromatic heterocycles. The molecule has 274 valence electrons. The van der Waals surface area contributed by atoms with E-state index in [1.807, 2.05) is 43.0 Å². The molecular formula is C45H59N7. The molecule has 7 nitrogen and oxygen atoms in total. The van der Waals surface area contributed by atoms with Gasteiger partial charge < -0.3 is 0 Å². The van der Waals surface area contributed by atoms with E-state index in [4.69, 9.17) is 24.9 Å². The number of nitrogens with zero attached hydrogens (tertiary/aromatic N) is 7. The Balaban J connectivity index is 1.70. The summed E-state index contributed by atoms with van der Waals surface area (Å²) in [7, 11) is 0. The standard InChI is InChI=1S/C45H59N7/c1-42(2,3)28-32-16-20-46-38(24-32)51(39-25-33(17-21-47-39)29-43(4,5)6)36-14-13-15-37(50-36)52(40-26-34(18-22-48-40)30-44(7,8)9)41-27-35(19-23-49-41)31-45(10,11)12/h13-27H,28-31H2,1-12H3. The van der Waals surface area contributed by atoms with Crippen LogP contribution in [0.15, 0.2) is 91.5 Å². The normalized spacial score (nSPS) is 12.5. The third-order valence-corrected chi connectivity index (χ3v) is 8.27. The molecule has 0 bridgehead atoms. The third kappa shape index (κ3) is 11.2. The third-order valence-electron chi connectivity index (χ3n) is 8.27. The Bertz CT molecular complexity index is 1700. The van der Waals surface area contributed by atoms with E-state index in [9.17, 15) is 0 Å². The summed E-state index contributed by atoms with van der Waals surface area (Å²) in [5.41, 5.74) is 5.34. The summed E-state index contributed by atoms with van der Waals surface area (Å²) >= 11 is 0. The smallest absolute Gasteiger partial charge is 0.142 e. The van der Waals surface area contributed by atoms with Crippen molar-refractivity contribution in [1.29, 1.82) is 0 Å². The summed E-state index contributed by atoms with van der Waals surface area (Å²) in [6.45, 7) is 27.1. The summed E-state index contributed by atoms with van der Waals surface area (Å²) < 4.78 is 0. The average Bonchev–Trinajstić information content (AvgIpc) is 2.99. The maximum atomic E-state index is 5.39. The number of aromatic nitrogens is 5. The molecule has 0 atom stereocenters. The molecule has 0 amide bonds. The van der Waals surface area contributed by atoms with Gasteiger partial charge >= 0.3 is 0 Å². The lowest BCUT2D eigenvalue weighted by Crippen LogP contribution is -2.19. The second-order valence-electron chi connectivity index (χ2n) is 19.1. The molecule has 5 rings (SSSR count). The lowest BCUT2D eigenvalue weighted by Gasteiger charge is -2.28. The van der Waals surface area contributed by atoms with Crippen molar-refractivity contribution in [2.75, 3.05) is 9.80 Å². The van der Waals surface area contributed by atoms with Crippen molar-refractivity contribution in [3.8, 4) is 0 Å². The summed E-state index contributed by atoms with van der Waals surface area (Å²) in [6, 6.07) is 23.2.